The van der Waals surface area contributed by atoms with Gasteiger partial charge >= 0.3 is 0 Å². The first kappa shape index (κ1) is 24.1. The Morgan fingerprint density at radius 1 is 0.892 bits per heavy atom. The van der Waals surface area contributed by atoms with Crippen LogP contribution in [0.4, 0.5) is 5.95 Å². The molecule has 2 aromatic carbocycles. The SMILES string of the molecule is COc1ccc(-c2nn(-c3ccccc3)cc2C=CC(=O)N2CCN(c3ncccn3)CC2)cc1OC. The van der Waals surface area contributed by atoms with Crippen LogP contribution in [0.2, 0.25) is 0 Å². The molecular formula is C28H28N6O3. The van der Waals surface area contributed by atoms with Gasteiger partial charge in [0.1, 0.15) is 5.69 Å². The molecule has 1 aliphatic heterocycles. The molecule has 188 valence electrons. The lowest BCUT2D eigenvalue weighted by atomic mass is 10.1. The summed E-state index contributed by atoms with van der Waals surface area (Å²) in [7, 11) is 3.21. The maximum absolute atomic E-state index is 13.0. The summed E-state index contributed by atoms with van der Waals surface area (Å²) < 4.78 is 12.7. The smallest absolute Gasteiger partial charge is 0.246 e. The van der Waals surface area contributed by atoms with Crippen molar-refractivity contribution in [1.82, 2.24) is 24.6 Å². The molecule has 9 nitrogen and oxygen atoms in total. The highest BCUT2D eigenvalue weighted by molar-refractivity contribution is 5.93. The van der Waals surface area contributed by atoms with E-state index in [-0.39, 0.29) is 5.91 Å². The number of methoxy groups -OCH3 is 2. The third kappa shape index (κ3) is 5.30. The number of para-hydroxylation sites is 1. The van der Waals surface area contributed by atoms with Crippen molar-refractivity contribution < 1.29 is 14.3 Å². The molecule has 0 radical (unpaired) electrons. The van der Waals surface area contributed by atoms with Gasteiger partial charge in [0.2, 0.25) is 11.9 Å². The van der Waals surface area contributed by atoms with Crippen LogP contribution in [0, 0.1) is 0 Å². The second-order valence-electron chi connectivity index (χ2n) is 8.48. The lowest BCUT2D eigenvalue weighted by molar-refractivity contribution is -0.126. The van der Waals surface area contributed by atoms with Crippen molar-refractivity contribution in [2.24, 2.45) is 0 Å². The average molecular weight is 497 g/mol. The number of benzene rings is 2. The minimum atomic E-state index is -0.0423. The van der Waals surface area contributed by atoms with E-state index in [0.717, 1.165) is 22.5 Å². The number of ether oxygens (including phenoxy) is 2. The van der Waals surface area contributed by atoms with Gasteiger partial charge in [0.15, 0.2) is 11.5 Å². The van der Waals surface area contributed by atoms with Crippen LogP contribution in [0.15, 0.2) is 79.3 Å². The molecule has 0 saturated carbocycles. The highest BCUT2D eigenvalue weighted by Crippen LogP contribution is 2.33. The van der Waals surface area contributed by atoms with Gasteiger partial charge in [-0.3, -0.25) is 4.79 Å². The quantitative estimate of drug-likeness (QED) is 0.361. The first-order valence-corrected chi connectivity index (χ1v) is 12.0. The molecule has 1 fully saturated rings. The zero-order valence-electron chi connectivity index (χ0n) is 20.8. The van der Waals surface area contributed by atoms with E-state index in [1.807, 2.05) is 70.4 Å². The highest BCUT2D eigenvalue weighted by atomic mass is 16.5. The van der Waals surface area contributed by atoms with Gasteiger partial charge < -0.3 is 19.3 Å². The van der Waals surface area contributed by atoms with E-state index in [1.54, 1.807) is 38.8 Å². The number of hydrogen-bond donors (Lipinski definition) is 0. The van der Waals surface area contributed by atoms with Crippen LogP contribution in [-0.2, 0) is 4.79 Å². The summed E-state index contributed by atoms with van der Waals surface area (Å²) in [5, 5.41) is 4.84. The number of hydrogen-bond acceptors (Lipinski definition) is 7. The summed E-state index contributed by atoms with van der Waals surface area (Å²) in [4.78, 5) is 25.6. The molecule has 3 heterocycles. The summed E-state index contributed by atoms with van der Waals surface area (Å²) in [6.07, 6.45) is 8.83. The lowest BCUT2D eigenvalue weighted by Gasteiger charge is -2.34. The van der Waals surface area contributed by atoms with Gasteiger partial charge in [-0.05, 0) is 42.5 Å². The fourth-order valence-electron chi connectivity index (χ4n) is 4.28. The molecule has 37 heavy (non-hydrogen) atoms. The predicted molar refractivity (Wildman–Crippen MR) is 142 cm³/mol. The van der Waals surface area contributed by atoms with E-state index < -0.39 is 0 Å². The molecule has 4 aromatic rings. The van der Waals surface area contributed by atoms with Crippen LogP contribution >= 0.6 is 0 Å². The second-order valence-corrected chi connectivity index (χ2v) is 8.48. The first-order chi connectivity index (χ1) is 18.2. The van der Waals surface area contributed by atoms with Crippen molar-refractivity contribution in [2.45, 2.75) is 0 Å². The van der Waals surface area contributed by atoms with E-state index >= 15 is 0 Å². The number of aromatic nitrogens is 4. The minimum absolute atomic E-state index is 0.0423. The number of anilines is 1. The molecule has 5 rings (SSSR count). The molecule has 0 spiro atoms. The molecule has 1 amide bonds. The standard InChI is InChI=1S/C28H28N6O3/c1-36-24-11-9-21(19-25(24)37-2)27-22(20-34(31-27)23-7-4-3-5-8-23)10-12-26(35)32-15-17-33(18-16-32)28-29-13-6-14-30-28/h3-14,19-20H,15-18H2,1-2H3. The van der Waals surface area contributed by atoms with Crippen LogP contribution in [-0.4, -0.2) is 71.0 Å². The van der Waals surface area contributed by atoms with Crippen molar-refractivity contribution in [3.8, 4) is 28.4 Å². The van der Waals surface area contributed by atoms with Gasteiger partial charge in [-0.1, -0.05) is 18.2 Å². The Hall–Kier alpha value is -4.66. The average Bonchev–Trinajstić information content (AvgIpc) is 3.41. The van der Waals surface area contributed by atoms with E-state index in [0.29, 0.717) is 43.6 Å². The number of piperazine rings is 1. The van der Waals surface area contributed by atoms with Crippen LogP contribution in [0.1, 0.15) is 5.56 Å². The molecular weight excluding hydrogens is 468 g/mol. The number of rotatable bonds is 7. The molecule has 9 heteroatoms. The zero-order valence-corrected chi connectivity index (χ0v) is 20.8. The molecule has 0 N–H and O–H groups in total. The largest absolute Gasteiger partial charge is 0.493 e. The summed E-state index contributed by atoms with van der Waals surface area (Å²) in [5.41, 5.74) is 3.34. The summed E-state index contributed by atoms with van der Waals surface area (Å²) in [6, 6.07) is 17.3. The summed E-state index contributed by atoms with van der Waals surface area (Å²) in [6.45, 7) is 2.58. The molecule has 1 aliphatic rings. The lowest BCUT2D eigenvalue weighted by Crippen LogP contribution is -2.48. The maximum Gasteiger partial charge on any atom is 0.246 e. The van der Waals surface area contributed by atoms with E-state index in [9.17, 15) is 4.79 Å². The minimum Gasteiger partial charge on any atom is -0.493 e. The number of nitrogens with zero attached hydrogens (tertiary/aromatic N) is 6. The van der Waals surface area contributed by atoms with Crippen LogP contribution < -0.4 is 14.4 Å². The maximum atomic E-state index is 13.0. The van der Waals surface area contributed by atoms with Crippen molar-refractivity contribution in [2.75, 3.05) is 45.3 Å². The fraction of sp³-hybridized carbons (Fsp3) is 0.214. The van der Waals surface area contributed by atoms with Crippen molar-refractivity contribution in [3.05, 3.63) is 84.8 Å². The monoisotopic (exact) mass is 496 g/mol. The zero-order chi connectivity index (χ0) is 25.6. The van der Waals surface area contributed by atoms with Gasteiger partial charge in [-0.25, -0.2) is 14.6 Å². The molecule has 0 atom stereocenters. The van der Waals surface area contributed by atoms with E-state index in [2.05, 4.69) is 14.9 Å². The second kappa shape index (κ2) is 10.9. The van der Waals surface area contributed by atoms with Crippen molar-refractivity contribution in [3.63, 3.8) is 0 Å². The van der Waals surface area contributed by atoms with E-state index in [4.69, 9.17) is 14.6 Å². The molecule has 2 aromatic heterocycles. The Bertz CT molecular complexity index is 1380. The van der Waals surface area contributed by atoms with Crippen molar-refractivity contribution >= 4 is 17.9 Å². The molecule has 0 bridgehead atoms. The summed E-state index contributed by atoms with van der Waals surface area (Å²) >= 11 is 0. The molecule has 0 aliphatic carbocycles. The van der Waals surface area contributed by atoms with E-state index in [1.165, 1.54) is 0 Å². The van der Waals surface area contributed by atoms with Crippen LogP contribution in [0.3, 0.4) is 0 Å². The first-order valence-electron chi connectivity index (χ1n) is 12.0. The van der Waals surface area contributed by atoms with Gasteiger partial charge in [0.25, 0.3) is 0 Å². The Kier molecular flexibility index (Phi) is 7.12. The Balaban J connectivity index is 1.38. The van der Waals surface area contributed by atoms with Crippen LogP contribution in [0.25, 0.3) is 23.0 Å². The van der Waals surface area contributed by atoms with Crippen molar-refractivity contribution in [1.29, 1.82) is 0 Å². The Morgan fingerprint density at radius 3 is 2.32 bits per heavy atom. The van der Waals surface area contributed by atoms with Gasteiger partial charge in [-0.15, -0.1) is 0 Å². The van der Waals surface area contributed by atoms with Gasteiger partial charge in [0.05, 0.1) is 19.9 Å². The third-order valence-electron chi connectivity index (χ3n) is 6.25. The molecule has 1 saturated heterocycles. The summed E-state index contributed by atoms with van der Waals surface area (Å²) in [5.74, 6) is 1.90. The number of carbonyl (C=O) groups excluding carboxylic acids is 1. The Morgan fingerprint density at radius 2 is 1.62 bits per heavy atom. The third-order valence-corrected chi connectivity index (χ3v) is 6.25. The number of amides is 1. The van der Waals surface area contributed by atoms with Gasteiger partial charge in [0, 0.05) is 62.0 Å². The molecule has 0 unspecified atom stereocenters. The number of carbonyl (C=O) groups is 1. The predicted octanol–water partition coefficient (Wildman–Crippen LogP) is 3.71. The topological polar surface area (TPSA) is 85.6 Å². The van der Waals surface area contributed by atoms with Crippen LogP contribution in [0.5, 0.6) is 11.5 Å². The Labute approximate surface area is 215 Å². The highest BCUT2D eigenvalue weighted by Gasteiger charge is 2.21. The van der Waals surface area contributed by atoms with Gasteiger partial charge in [-0.2, -0.15) is 5.10 Å². The normalized spacial score (nSPS) is 13.7. The fourth-order valence-corrected chi connectivity index (χ4v) is 4.28.